The van der Waals surface area contributed by atoms with Gasteiger partial charge < -0.3 is 10.1 Å². The van der Waals surface area contributed by atoms with Crippen LogP contribution in [0.5, 0.6) is 5.88 Å². The molecule has 0 unspecified atom stereocenters. The Bertz CT molecular complexity index is 1250. The van der Waals surface area contributed by atoms with Gasteiger partial charge in [0.1, 0.15) is 5.56 Å². The predicted octanol–water partition coefficient (Wildman–Crippen LogP) is 4.20. The van der Waals surface area contributed by atoms with Crippen molar-refractivity contribution in [2.24, 2.45) is 7.05 Å². The number of hydrogen-bond donors (Lipinski definition) is 2. The normalized spacial score (nSPS) is 10.8. The zero-order valence-corrected chi connectivity index (χ0v) is 17.5. The number of carbonyl (C=O) groups is 2. The molecule has 0 atom stereocenters. The molecular weight excluding hydrogens is 426 g/mol. The van der Waals surface area contributed by atoms with Crippen molar-refractivity contribution in [3.63, 3.8) is 0 Å². The van der Waals surface area contributed by atoms with E-state index in [0.717, 1.165) is 10.2 Å². The van der Waals surface area contributed by atoms with Crippen LogP contribution in [-0.4, -0.2) is 33.7 Å². The van der Waals surface area contributed by atoms with Crippen molar-refractivity contribution in [2.45, 2.75) is 0 Å². The minimum absolute atomic E-state index is 0.239. The molecule has 0 aliphatic rings. The number of carbonyl (C=O) groups excluding carboxylic acids is 2. The van der Waals surface area contributed by atoms with Gasteiger partial charge in [-0.15, -0.1) is 5.10 Å². The monoisotopic (exact) mass is 441 g/mol. The minimum atomic E-state index is -0.356. The van der Waals surface area contributed by atoms with Crippen LogP contribution in [-0.2, 0) is 7.05 Å². The van der Waals surface area contributed by atoms with Crippen LogP contribution < -0.4 is 15.4 Å². The topological polar surface area (TPSA) is 98.1 Å². The summed E-state index contributed by atoms with van der Waals surface area (Å²) in [6.45, 7) is 0. The fourth-order valence-corrected chi connectivity index (χ4v) is 3.94. The summed E-state index contributed by atoms with van der Waals surface area (Å²) in [4.78, 5) is 29.3. The molecule has 2 N–H and O–H groups in total. The van der Waals surface area contributed by atoms with E-state index in [1.807, 2.05) is 0 Å². The lowest BCUT2D eigenvalue weighted by atomic mass is 10.2. The van der Waals surface area contributed by atoms with Gasteiger partial charge in [-0.1, -0.05) is 22.9 Å². The molecule has 30 heavy (non-hydrogen) atoms. The molecular formula is C20H16ClN5O3S. The van der Waals surface area contributed by atoms with E-state index in [1.165, 1.54) is 23.1 Å². The zero-order valence-electron chi connectivity index (χ0n) is 16.0. The van der Waals surface area contributed by atoms with Crippen LogP contribution in [0.1, 0.15) is 20.7 Å². The Labute approximate surface area is 180 Å². The third-order valence-electron chi connectivity index (χ3n) is 4.21. The molecule has 0 fully saturated rings. The van der Waals surface area contributed by atoms with Crippen molar-refractivity contribution < 1.29 is 14.3 Å². The summed E-state index contributed by atoms with van der Waals surface area (Å²) in [5.41, 5.74) is 2.06. The summed E-state index contributed by atoms with van der Waals surface area (Å²) in [6.07, 6.45) is 1.57. The molecule has 4 rings (SSSR count). The molecule has 2 aromatic heterocycles. The highest BCUT2D eigenvalue weighted by atomic mass is 35.5. The van der Waals surface area contributed by atoms with Crippen LogP contribution in [0, 0.1) is 0 Å². The smallest absolute Gasteiger partial charge is 0.262 e. The molecule has 8 nitrogen and oxygen atoms in total. The van der Waals surface area contributed by atoms with E-state index in [0.29, 0.717) is 27.0 Å². The molecule has 10 heteroatoms. The highest BCUT2D eigenvalue weighted by molar-refractivity contribution is 7.22. The van der Waals surface area contributed by atoms with Crippen LogP contribution in [0.3, 0.4) is 0 Å². The van der Waals surface area contributed by atoms with E-state index in [1.54, 1.807) is 55.7 Å². The van der Waals surface area contributed by atoms with Gasteiger partial charge in [-0.3, -0.25) is 19.6 Å². The number of nitrogens with one attached hydrogen (secondary N) is 2. The Balaban J connectivity index is 1.44. The maximum absolute atomic E-state index is 12.5. The average molecular weight is 442 g/mol. The second kappa shape index (κ2) is 8.13. The first kappa shape index (κ1) is 19.9. The van der Waals surface area contributed by atoms with E-state index in [9.17, 15) is 9.59 Å². The molecule has 152 valence electrons. The van der Waals surface area contributed by atoms with Gasteiger partial charge in [-0.25, -0.2) is 4.98 Å². The first-order chi connectivity index (χ1) is 14.4. The Morgan fingerprint density at radius 3 is 2.60 bits per heavy atom. The van der Waals surface area contributed by atoms with Crippen LogP contribution >= 0.6 is 22.9 Å². The number of halogens is 1. The van der Waals surface area contributed by atoms with E-state index >= 15 is 0 Å². The highest BCUT2D eigenvalue weighted by Crippen LogP contribution is 2.28. The second-order valence-corrected chi connectivity index (χ2v) is 7.81. The van der Waals surface area contributed by atoms with Gasteiger partial charge in [0.2, 0.25) is 5.88 Å². The largest absolute Gasteiger partial charge is 0.479 e. The number of methoxy groups -OCH3 is 1. The number of ether oxygens (including phenoxy) is 1. The number of aryl methyl sites for hydroxylation is 1. The van der Waals surface area contributed by atoms with Crippen molar-refractivity contribution in [1.82, 2.24) is 14.8 Å². The van der Waals surface area contributed by atoms with Gasteiger partial charge in [0.05, 0.1) is 17.3 Å². The van der Waals surface area contributed by atoms with Crippen LogP contribution in [0.2, 0.25) is 5.02 Å². The van der Waals surface area contributed by atoms with Crippen molar-refractivity contribution in [3.8, 4) is 5.88 Å². The van der Waals surface area contributed by atoms with Crippen LogP contribution in [0.4, 0.5) is 10.8 Å². The van der Waals surface area contributed by atoms with Gasteiger partial charge in [-0.05, 0) is 42.5 Å². The summed E-state index contributed by atoms with van der Waals surface area (Å²) in [7, 11) is 3.15. The van der Waals surface area contributed by atoms with Gasteiger partial charge >= 0.3 is 0 Å². The Hall–Kier alpha value is -3.43. The number of amides is 2. The number of thiazole rings is 1. The second-order valence-electron chi connectivity index (χ2n) is 6.34. The van der Waals surface area contributed by atoms with Crippen molar-refractivity contribution >= 4 is 55.8 Å². The Kier molecular flexibility index (Phi) is 5.39. The lowest BCUT2D eigenvalue weighted by molar-refractivity contribution is 0.101. The molecule has 2 aromatic carbocycles. The summed E-state index contributed by atoms with van der Waals surface area (Å²) in [6, 6.07) is 11.9. The number of fused-ring (bicyclic) bond motifs is 1. The molecule has 0 aliphatic heterocycles. The third-order valence-corrected chi connectivity index (χ3v) is 5.38. The number of anilines is 2. The molecule has 2 heterocycles. The van der Waals surface area contributed by atoms with Crippen LogP contribution in [0.15, 0.2) is 48.7 Å². The number of benzene rings is 2. The van der Waals surface area contributed by atoms with Crippen LogP contribution in [0.25, 0.3) is 10.2 Å². The van der Waals surface area contributed by atoms with Gasteiger partial charge in [-0.2, -0.15) is 0 Å². The first-order valence-electron chi connectivity index (χ1n) is 8.79. The standard InChI is InChI=1S/C20H16ClN5O3S/c1-26-10-14(19(25-26)29-2)18(28)22-13-6-3-11(4-7-13)17(27)24-20-23-15-8-5-12(21)9-16(15)30-20/h3-10H,1-2H3,(H,22,28)(H,23,24,27). The number of hydrogen-bond acceptors (Lipinski definition) is 6. The van der Waals surface area contributed by atoms with E-state index in [4.69, 9.17) is 16.3 Å². The molecule has 0 saturated carbocycles. The highest BCUT2D eigenvalue weighted by Gasteiger charge is 2.17. The molecule has 0 radical (unpaired) electrons. The van der Waals surface area contributed by atoms with Gasteiger partial charge in [0.25, 0.3) is 11.8 Å². The molecule has 0 aliphatic carbocycles. The van der Waals surface area contributed by atoms with E-state index < -0.39 is 0 Å². The van der Waals surface area contributed by atoms with E-state index in [2.05, 4.69) is 20.7 Å². The maximum Gasteiger partial charge on any atom is 0.262 e. The maximum atomic E-state index is 12.5. The number of rotatable bonds is 5. The van der Waals surface area contributed by atoms with Gasteiger partial charge in [0.15, 0.2) is 5.13 Å². The molecule has 4 aromatic rings. The summed E-state index contributed by atoms with van der Waals surface area (Å²) >= 11 is 7.33. The lowest BCUT2D eigenvalue weighted by Gasteiger charge is -2.06. The summed E-state index contributed by atoms with van der Waals surface area (Å²) < 4.78 is 7.49. The fourth-order valence-electron chi connectivity index (χ4n) is 2.80. The Morgan fingerprint density at radius 2 is 1.87 bits per heavy atom. The van der Waals surface area contributed by atoms with Crippen molar-refractivity contribution in [2.75, 3.05) is 17.7 Å². The summed E-state index contributed by atoms with van der Waals surface area (Å²) in [5.74, 6) is -0.416. The minimum Gasteiger partial charge on any atom is -0.479 e. The number of aromatic nitrogens is 3. The zero-order chi connectivity index (χ0) is 21.3. The lowest BCUT2D eigenvalue weighted by Crippen LogP contribution is -2.14. The van der Waals surface area contributed by atoms with Crippen molar-refractivity contribution in [1.29, 1.82) is 0 Å². The Morgan fingerprint density at radius 1 is 1.10 bits per heavy atom. The average Bonchev–Trinajstić information content (AvgIpc) is 3.30. The molecule has 0 spiro atoms. The predicted molar refractivity (Wildman–Crippen MR) is 117 cm³/mol. The van der Waals surface area contributed by atoms with Gasteiger partial charge in [0, 0.05) is 29.5 Å². The molecule has 0 saturated heterocycles. The summed E-state index contributed by atoms with van der Waals surface area (Å²) in [5, 5.41) is 10.7. The fraction of sp³-hybridized carbons (Fsp3) is 0.100. The molecule has 0 bridgehead atoms. The first-order valence-corrected chi connectivity index (χ1v) is 9.99. The van der Waals surface area contributed by atoms with Crippen molar-refractivity contribution in [3.05, 3.63) is 64.8 Å². The third kappa shape index (κ3) is 4.12. The quantitative estimate of drug-likeness (QED) is 0.483. The molecule has 2 amide bonds. The number of nitrogens with zero attached hydrogens (tertiary/aromatic N) is 3. The van der Waals surface area contributed by atoms with E-state index in [-0.39, 0.29) is 17.7 Å². The SMILES string of the molecule is COc1nn(C)cc1C(=O)Nc1ccc(C(=O)Nc2nc3ccc(Cl)cc3s2)cc1.